The van der Waals surface area contributed by atoms with Crippen molar-refractivity contribution in [2.45, 2.75) is 0 Å². The maximum atomic E-state index is 6.01. The number of hydrogen-bond acceptors (Lipinski definition) is 4. The largest absolute Gasteiger partial charge is 0.340 e. The quantitative estimate of drug-likeness (QED) is 0.614. The van der Waals surface area contributed by atoms with Gasteiger partial charge in [0.25, 0.3) is 0 Å². The highest BCUT2D eigenvalue weighted by atomic mass is 35.5. The Morgan fingerprint density at radius 1 is 1.04 bits per heavy atom. The SMILES string of the molecule is Clc1cccc(Nc2ccn3ncc(-c4cccnc4)c3n2)c1. The maximum absolute atomic E-state index is 6.01. The average Bonchev–Trinajstić information content (AvgIpc) is 2.99. The van der Waals surface area contributed by atoms with Crippen LogP contribution in [0.4, 0.5) is 11.5 Å². The van der Waals surface area contributed by atoms with Crippen molar-refractivity contribution in [1.82, 2.24) is 19.6 Å². The second-order valence-corrected chi connectivity index (χ2v) is 5.45. The van der Waals surface area contributed by atoms with Crippen molar-refractivity contribution in [3.63, 3.8) is 0 Å². The van der Waals surface area contributed by atoms with Crippen LogP contribution in [-0.2, 0) is 0 Å². The number of benzene rings is 1. The number of aromatic nitrogens is 4. The van der Waals surface area contributed by atoms with Crippen molar-refractivity contribution in [3.8, 4) is 11.1 Å². The molecule has 0 amide bonds. The van der Waals surface area contributed by atoms with E-state index in [0.29, 0.717) is 5.02 Å². The van der Waals surface area contributed by atoms with Gasteiger partial charge in [-0.15, -0.1) is 0 Å². The monoisotopic (exact) mass is 321 g/mol. The summed E-state index contributed by atoms with van der Waals surface area (Å²) in [6, 6.07) is 13.3. The van der Waals surface area contributed by atoms with Crippen molar-refractivity contribution in [2.24, 2.45) is 0 Å². The molecule has 0 aliphatic rings. The third-order valence-corrected chi connectivity index (χ3v) is 3.67. The number of halogens is 1. The van der Waals surface area contributed by atoms with E-state index in [1.807, 2.05) is 48.7 Å². The zero-order valence-electron chi connectivity index (χ0n) is 12.0. The molecule has 0 fully saturated rings. The molecule has 112 valence electrons. The molecule has 5 nitrogen and oxygen atoms in total. The summed E-state index contributed by atoms with van der Waals surface area (Å²) in [6.07, 6.45) is 7.21. The highest BCUT2D eigenvalue weighted by molar-refractivity contribution is 6.30. The molecule has 1 N–H and O–H groups in total. The van der Waals surface area contributed by atoms with Crippen LogP contribution in [0.5, 0.6) is 0 Å². The van der Waals surface area contributed by atoms with Crippen LogP contribution in [0, 0.1) is 0 Å². The zero-order chi connectivity index (χ0) is 15.6. The van der Waals surface area contributed by atoms with E-state index >= 15 is 0 Å². The molecule has 0 atom stereocenters. The highest BCUT2D eigenvalue weighted by Crippen LogP contribution is 2.24. The fourth-order valence-electron chi connectivity index (χ4n) is 2.38. The lowest BCUT2D eigenvalue weighted by molar-refractivity contribution is 0.941. The van der Waals surface area contributed by atoms with Crippen LogP contribution in [0.2, 0.25) is 5.02 Å². The van der Waals surface area contributed by atoms with Gasteiger partial charge in [-0.25, -0.2) is 9.50 Å². The van der Waals surface area contributed by atoms with Crippen molar-refractivity contribution >= 4 is 28.8 Å². The molecule has 0 saturated heterocycles. The van der Waals surface area contributed by atoms with E-state index < -0.39 is 0 Å². The molecule has 0 radical (unpaired) electrons. The van der Waals surface area contributed by atoms with Gasteiger partial charge < -0.3 is 5.32 Å². The molecular formula is C17H12ClN5. The van der Waals surface area contributed by atoms with Gasteiger partial charge >= 0.3 is 0 Å². The summed E-state index contributed by atoms with van der Waals surface area (Å²) >= 11 is 6.01. The molecule has 3 aromatic heterocycles. The molecule has 1 aromatic carbocycles. The first-order valence-corrected chi connectivity index (χ1v) is 7.45. The molecule has 0 aliphatic heterocycles. The zero-order valence-corrected chi connectivity index (χ0v) is 12.8. The summed E-state index contributed by atoms with van der Waals surface area (Å²) in [4.78, 5) is 8.81. The fourth-order valence-corrected chi connectivity index (χ4v) is 2.57. The molecule has 4 aromatic rings. The Balaban J connectivity index is 1.75. The minimum atomic E-state index is 0.677. The Bertz CT molecular complexity index is 965. The smallest absolute Gasteiger partial charge is 0.165 e. The van der Waals surface area contributed by atoms with Crippen LogP contribution in [0.3, 0.4) is 0 Å². The number of anilines is 2. The Morgan fingerprint density at radius 2 is 2.00 bits per heavy atom. The van der Waals surface area contributed by atoms with Gasteiger partial charge in [0.05, 0.1) is 6.20 Å². The number of pyridine rings is 1. The molecule has 3 heterocycles. The fraction of sp³-hybridized carbons (Fsp3) is 0. The first kappa shape index (κ1) is 13.7. The third kappa shape index (κ3) is 2.74. The topological polar surface area (TPSA) is 55.1 Å². The van der Waals surface area contributed by atoms with Crippen LogP contribution in [0.15, 0.2) is 67.3 Å². The van der Waals surface area contributed by atoms with Gasteiger partial charge in [-0.05, 0) is 30.3 Å². The molecule has 6 heteroatoms. The third-order valence-electron chi connectivity index (χ3n) is 3.44. The minimum absolute atomic E-state index is 0.677. The molecule has 0 unspecified atom stereocenters. The highest BCUT2D eigenvalue weighted by Gasteiger charge is 2.09. The Labute approximate surface area is 137 Å². The van der Waals surface area contributed by atoms with E-state index in [-0.39, 0.29) is 0 Å². The Morgan fingerprint density at radius 3 is 2.83 bits per heavy atom. The van der Waals surface area contributed by atoms with Gasteiger partial charge in [-0.1, -0.05) is 23.7 Å². The molecule has 0 aliphatic carbocycles. The van der Waals surface area contributed by atoms with Gasteiger partial charge in [-0.3, -0.25) is 4.98 Å². The molecule has 23 heavy (non-hydrogen) atoms. The van der Waals surface area contributed by atoms with E-state index in [2.05, 4.69) is 20.4 Å². The summed E-state index contributed by atoms with van der Waals surface area (Å²) in [7, 11) is 0. The van der Waals surface area contributed by atoms with Crippen LogP contribution in [0.1, 0.15) is 0 Å². The summed E-state index contributed by atoms with van der Waals surface area (Å²) in [6.45, 7) is 0. The summed E-state index contributed by atoms with van der Waals surface area (Å²) in [5.74, 6) is 0.727. The normalized spacial score (nSPS) is 10.8. The first-order valence-electron chi connectivity index (χ1n) is 7.07. The Hall–Kier alpha value is -2.92. The second-order valence-electron chi connectivity index (χ2n) is 5.02. The van der Waals surface area contributed by atoms with Gasteiger partial charge in [-0.2, -0.15) is 5.10 Å². The van der Waals surface area contributed by atoms with E-state index in [4.69, 9.17) is 11.6 Å². The number of nitrogens with zero attached hydrogens (tertiary/aromatic N) is 4. The summed E-state index contributed by atoms with van der Waals surface area (Å²) in [5.41, 5.74) is 3.57. The Kier molecular flexibility index (Phi) is 3.40. The van der Waals surface area contributed by atoms with Gasteiger partial charge in [0.2, 0.25) is 0 Å². The average molecular weight is 322 g/mol. The number of fused-ring (bicyclic) bond motifs is 1. The van der Waals surface area contributed by atoms with Crippen LogP contribution < -0.4 is 5.32 Å². The molecule has 0 bridgehead atoms. The summed E-state index contributed by atoms with van der Waals surface area (Å²) in [5, 5.41) is 8.27. The van der Waals surface area contributed by atoms with Crippen LogP contribution >= 0.6 is 11.6 Å². The lowest BCUT2D eigenvalue weighted by atomic mass is 10.1. The van der Waals surface area contributed by atoms with E-state index in [9.17, 15) is 0 Å². The predicted octanol–water partition coefficient (Wildman–Crippen LogP) is 4.19. The number of rotatable bonds is 3. The van der Waals surface area contributed by atoms with Crippen molar-refractivity contribution < 1.29 is 0 Å². The lowest BCUT2D eigenvalue weighted by Crippen LogP contribution is -1.97. The minimum Gasteiger partial charge on any atom is -0.340 e. The van der Waals surface area contributed by atoms with Crippen LogP contribution in [-0.4, -0.2) is 19.6 Å². The maximum Gasteiger partial charge on any atom is 0.165 e. The van der Waals surface area contributed by atoms with Gasteiger partial charge in [0, 0.05) is 40.4 Å². The van der Waals surface area contributed by atoms with E-state index in [1.165, 1.54) is 0 Å². The van der Waals surface area contributed by atoms with Crippen molar-refractivity contribution in [2.75, 3.05) is 5.32 Å². The second kappa shape index (κ2) is 5.70. The summed E-state index contributed by atoms with van der Waals surface area (Å²) < 4.78 is 1.74. The standard InChI is InChI=1S/C17H12ClN5/c18-13-4-1-5-14(9-13)21-16-6-8-23-17(22-16)15(11-20-23)12-3-2-7-19-10-12/h1-11H,(H,21,22). The lowest BCUT2D eigenvalue weighted by Gasteiger charge is -2.06. The van der Waals surface area contributed by atoms with E-state index in [1.54, 1.807) is 23.1 Å². The molecule has 0 saturated carbocycles. The van der Waals surface area contributed by atoms with Gasteiger partial charge in [0.1, 0.15) is 5.82 Å². The molecular weight excluding hydrogens is 310 g/mol. The van der Waals surface area contributed by atoms with Crippen LogP contribution in [0.25, 0.3) is 16.8 Å². The van der Waals surface area contributed by atoms with Crippen molar-refractivity contribution in [3.05, 3.63) is 72.3 Å². The van der Waals surface area contributed by atoms with E-state index in [0.717, 1.165) is 28.3 Å². The molecule has 4 rings (SSSR count). The first-order chi connectivity index (χ1) is 11.3. The van der Waals surface area contributed by atoms with Crippen molar-refractivity contribution in [1.29, 1.82) is 0 Å². The van der Waals surface area contributed by atoms with Gasteiger partial charge in [0.15, 0.2) is 5.65 Å². The number of nitrogens with one attached hydrogen (secondary N) is 1. The number of hydrogen-bond donors (Lipinski definition) is 1. The predicted molar refractivity (Wildman–Crippen MR) is 91.0 cm³/mol. The molecule has 0 spiro atoms.